The van der Waals surface area contributed by atoms with E-state index in [-0.39, 0.29) is 12.5 Å². The molecule has 116 valence electrons. The summed E-state index contributed by atoms with van der Waals surface area (Å²) in [5, 5.41) is 13.2. The van der Waals surface area contributed by atoms with Crippen molar-refractivity contribution in [3.05, 3.63) is 40.6 Å². The molecule has 6 heteroatoms. The van der Waals surface area contributed by atoms with Gasteiger partial charge in [-0.3, -0.25) is 9.89 Å². The molecule has 0 saturated carbocycles. The molecule has 3 rings (SSSR count). The molecule has 1 amide bonds. The van der Waals surface area contributed by atoms with Crippen molar-refractivity contribution < 1.29 is 9.53 Å². The van der Waals surface area contributed by atoms with Gasteiger partial charge >= 0.3 is 0 Å². The zero-order valence-electron chi connectivity index (χ0n) is 12.8. The van der Waals surface area contributed by atoms with Crippen LogP contribution in [0, 0.1) is 13.8 Å². The number of anilines is 1. The van der Waals surface area contributed by atoms with Crippen molar-refractivity contribution in [3.8, 4) is 5.75 Å². The van der Waals surface area contributed by atoms with E-state index in [4.69, 9.17) is 4.74 Å². The monoisotopic (exact) mass is 300 g/mol. The van der Waals surface area contributed by atoms with Crippen molar-refractivity contribution in [3.63, 3.8) is 0 Å². The van der Waals surface area contributed by atoms with Crippen molar-refractivity contribution >= 4 is 11.7 Å². The summed E-state index contributed by atoms with van der Waals surface area (Å²) in [5.41, 5.74) is 4.32. The molecule has 6 nitrogen and oxygen atoms in total. The molecule has 0 fully saturated rings. The second-order valence-corrected chi connectivity index (χ2v) is 5.49. The number of rotatable bonds is 4. The Morgan fingerprint density at radius 2 is 2.27 bits per heavy atom. The summed E-state index contributed by atoms with van der Waals surface area (Å²) in [6.45, 7) is 5.63. The fourth-order valence-corrected chi connectivity index (χ4v) is 2.52. The van der Waals surface area contributed by atoms with Gasteiger partial charge in [-0.15, -0.1) is 0 Å². The number of benzene rings is 1. The van der Waals surface area contributed by atoms with Crippen LogP contribution in [0.5, 0.6) is 5.75 Å². The number of carbonyl (C=O) groups is 1. The summed E-state index contributed by atoms with van der Waals surface area (Å²) < 4.78 is 5.61. The first kappa shape index (κ1) is 14.6. The number of carbonyl (C=O) groups excluding carboxylic acids is 1. The number of ether oxygens (including phenoxy) is 1. The first-order chi connectivity index (χ1) is 10.6. The smallest absolute Gasteiger partial charge is 0.263 e. The Labute approximate surface area is 129 Å². The van der Waals surface area contributed by atoms with Crippen LogP contribution in [0.2, 0.25) is 0 Å². The zero-order chi connectivity index (χ0) is 15.5. The van der Waals surface area contributed by atoms with Gasteiger partial charge in [-0.05, 0) is 31.0 Å². The zero-order valence-corrected chi connectivity index (χ0v) is 12.8. The number of aryl methyl sites for hydroxylation is 1. The first-order valence-corrected chi connectivity index (χ1v) is 7.41. The number of fused-ring (bicyclic) bond motifs is 1. The average molecular weight is 300 g/mol. The van der Waals surface area contributed by atoms with Crippen molar-refractivity contribution in [2.24, 2.45) is 0 Å². The fraction of sp³-hybridized carbons (Fsp3) is 0.375. The van der Waals surface area contributed by atoms with E-state index < -0.39 is 0 Å². The van der Waals surface area contributed by atoms with Gasteiger partial charge in [-0.25, -0.2) is 0 Å². The minimum Gasteiger partial charge on any atom is -0.483 e. The molecule has 1 aromatic carbocycles. The van der Waals surface area contributed by atoms with Gasteiger partial charge in [0.1, 0.15) is 5.75 Å². The average Bonchev–Trinajstić information content (AvgIpc) is 2.92. The van der Waals surface area contributed by atoms with E-state index in [1.807, 2.05) is 32.0 Å². The van der Waals surface area contributed by atoms with Gasteiger partial charge in [0.2, 0.25) is 0 Å². The van der Waals surface area contributed by atoms with Crippen LogP contribution in [0.4, 0.5) is 5.82 Å². The molecule has 2 aromatic rings. The maximum atomic E-state index is 12.1. The van der Waals surface area contributed by atoms with Gasteiger partial charge in [0.15, 0.2) is 12.4 Å². The molecule has 1 aliphatic rings. The van der Waals surface area contributed by atoms with Crippen LogP contribution in [0.3, 0.4) is 0 Å². The second-order valence-electron chi connectivity index (χ2n) is 5.49. The van der Waals surface area contributed by atoms with E-state index in [0.29, 0.717) is 5.82 Å². The third kappa shape index (κ3) is 2.96. The highest BCUT2D eigenvalue weighted by molar-refractivity contribution is 5.91. The second kappa shape index (κ2) is 6.19. The predicted molar refractivity (Wildman–Crippen MR) is 84.0 cm³/mol. The normalized spacial score (nSPS) is 13.5. The summed E-state index contributed by atoms with van der Waals surface area (Å²) >= 11 is 0. The highest BCUT2D eigenvalue weighted by Crippen LogP contribution is 2.21. The topological polar surface area (TPSA) is 79.0 Å². The van der Waals surface area contributed by atoms with E-state index >= 15 is 0 Å². The number of hydrogen-bond donors (Lipinski definition) is 3. The molecule has 0 radical (unpaired) electrons. The first-order valence-electron chi connectivity index (χ1n) is 7.41. The maximum absolute atomic E-state index is 12.1. The molecule has 0 atom stereocenters. The lowest BCUT2D eigenvalue weighted by Crippen LogP contribution is -2.25. The van der Waals surface area contributed by atoms with Gasteiger partial charge in [-0.1, -0.05) is 12.1 Å². The summed E-state index contributed by atoms with van der Waals surface area (Å²) in [7, 11) is 0. The van der Waals surface area contributed by atoms with Crippen molar-refractivity contribution in [1.29, 1.82) is 0 Å². The van der Waals surface area contributed by atoms with E-state index in [1.54, 1.807) is 0 Å². The van der Waals surface area contributed by atoms with E-state index in [2.05, 4.69) is 20.8 Å². The number of nitrogens with one attached hydrogen (secondary N) is 3. The lowest BCUT2D eigenvalue weighted by molar-refractivity contribution is -0.118. The predicted octanol–water partition coefficient (Wildman–Crippen LogP) is 1.69. The summed E-state index contributed by atoms with van der Waals surface area (Å²) in [4.78, 5) is 12.1. The minimum atomic E-state index is -0.208. The number of H-pyrrole nitrogens is 1. The van der Waals surface area contributed by atoms with Crippen LogP contribution in [-0.4, -0.2) is 29.3 Å². The molecule has 0 unspecified atom stereocenters. The van der Waals surface area contributed by atoms with Gasteiger partial charge in [0, 0.05) is 30.8 Å². The number of aromatic amines is 1. The van der Waals surface area contributed by atoms with Crippen molar-refractivity contribution in [1.82, 2.24) is 15.5 Å². The molecule has 2 heterocycles. The van der Waals surface area contributed by atoms with Gasteiger partial charge in [0.25, 0.3) is 5.91 Å². The highest BCUT2D eigenvalue weighted by Gasteiger charge is 2.18. The Morgan fingerprint density at radius 1 is 1.41 bits per heavy atom. The fourth-order valence-electron chi connectivity index (χ4n) is 2.52. The van der Waals surface area contributed by atoms with E-state index in [1.165, 1.54) is 0 Å². The molecule has 1 aliphatic heterocycles. The van der Waals surface area contributed by atoms with E-state index in [0.717, 1.165) is 47.6 Å². The molecular formula is C16H20N4O2. The quantitative estimate of drug-likeness (QED) is 0.803. The molecule has 0 spiro atoms. The molecule has 3 N–H and O–H groups in total. The van der Waals surface area contributed by atoms with Crippen LogP contribution in [0.25, 0.3) is 0 Å². The summed E-state index contributed by atoms with van der Waals surface area (Å²) in [6.07, 6.45) is 0.900. The standard InChI is InChI=1S/C16H20N4O2/c1-10-4-3-5-14(11(10)2)22-9-15(21)18-16-12-8-17-7-6-13(12)19-20-16/h3-5,17H,6-9H2,1-2H3,(H2,18,19,20,21). The SMILES string of the molecule is Cc1cccc(OCC(=O)Nc2n[nH]c3c2CNCC3)c1C. The maximum Gasteiger partial charge on any atom is 0.263 e. The molecule has 0 bridgehead atoms. The largest absolute Gasteiger partial charge is 0.483 e. The Hall–Kier alpha value is -2.34. The van der Waals surface area contributed by atoms with Crippen LogP contribution in [0.15, 0.2) is 18.2 Å². The molecule has 0 saturated heterocycles. The van der Waals surface area contributed by atoms with Gasteiger partial charge < -0.3 is 15.4 Å². The molecule has 1 aromatic heterocycles. The lowest BCUT2D eigenvalue weighted by atomic mass is 10.1. The summed E-state index contributed by atoms with van der Waals surface area (Å²) in [6, 6.07) is 5.81. The van der Waals surface area contributed by atoms with Gasteiger partial charge in [0.05, 0.1) is 0 Å². The van der Waals surface area contributed by atoms with Crippen LogP contribution < -0.4 is 15.4 Å². The third-order valence-electron chi connectivity index (χ3n) is 3.98. The minimum absolute atomic E-state index is 0.0284. The number of amides is 1. The Kier molecular flexibility index (Phi) is 4.11. The molecular weight excluding hydrogens is 280 g/mol. The number of aromatic nitrogens is 2. The van der Waals surface area contributed by atoms with Crippen molar-refractivity contribution in [2.45, 2.75) is 26.8 Å². The third-order valence-corrected chi connectivity index (χ3v) is 3.98. The van der Waals surface area contributed by atoms with Crippen molar-refractivity contribution in [2.75, 3.05) is 18.5 Å². The lowest BCUT2D eigenvalue weighted by Gasteiger charge is -2.13. The van der Waals surface area contributed by atoms with Crippen LogP contribution in [0.1, 0.15) is 22.4 Å². The molecule has 22 heavy (non-hydrogen) atoms. The molecule has 0 aliphatic carbocycles. The number of hydrogen-bond acceptors (Lipinski definition) is 4. The Bertz CT molecular complexity index is 693. The Morgan fingerprint density at radius 3 is 3.14 bits per heavy atom. The van der Waals surface area contributed by atoms with Crippen LogP contribution >= 0.6 is 0 Å². The highest BCUT2D eigenvalue weighted by atomic mass is 16.5. The summed E-state index contributed by atoms with van der Waals surface area (Å²) in [5.74, 6) is 1.12. The number of nitrogens with zero attached hydrogens (tertiary/aromatic N) is 1. The van der Waals surface area contributed by atoms with Gasteiger partial charge in [-0.2, -0.15) is 5.10 Å². The van der Waals surface area contributed by atoms with E-state index in [9.17, 15) is 4.79 Å². The van der Waals surface area contributed by atoms with Crippen LogP contribution in [-0.2, 0) is 17.8 Å². The Balaban J connectivity index is 1.61.